The van der Waals surface area contributed by atoms with Crippen molar-refractivity contribution in [2.24, 2.45) is 24.8 Å². The number of benzene rings is 2. The van der Waals surface area contributed by atoms with Gasteiger partial charge in [0.25, 0.3) is 5.91 Å². The Morgan fingerprint density at radius 3 is 2.30 bits per heavy atom. The van der Waals surface area contributed by atoms with E-state index >= 15 is 0 Å². The van der Waals surface area contributed by atoms with Gasteiger partial charge in [-0.2, -0.15) is 0 Å². The molecule has 6 rings (SSSR count). The molecule has 0 aliphatic carbocycles. The van der Waals surface area contributed by atoms with E-state index in [4.69, 9.17) is 4.74 Å². The number of aryl methyl sites for hydroxylation is 2. The molecule has 8 nitrogen and oxygen atoms in total. The van der Waals surface area contributed by atoms with Crippen molar-refractivity contribution >= 4 is 28.4 Å². The Morgan fingerprint density at radius 1 is 0.889 bits per heavy atom. The molecule has 3 aromatic rings. The standard InChI is InChI=1S/C46H69N5O3/c1-9-33(10-2)34-21-25-50(26-22-34)31-37-28-38(46(3,4)5)30-39(43(37)54-8)47-44(52)41-29-36-16-11-15-35(42(36)49(41)7)19-18-32-14-12-24-51(27-20-32)45(53)40-17-13-23-48(40)6/h11,15-16,28-30,32-34,40H,9-10,12-14,17-27,31H2,1-8H3,(H,47,52). The first-order chi connectivity index (χ1) is 25.9. The first-order valence-electron chi connectivity index (χ1n) is 21.2. The van der Waals surface area contributed by atoms with Crippen molar-refractivity contribution in [1.29, 1.82) is 0 Å². The van der Waals surface area contributed by atoms with Gasteiger partial charge in [-0.15, -0.1) is 0 Å². The summed E-state index contributed by atoms with van der Waals surface area (Å²) >= 11 is 0. The maximum Gasteiger partial charge on any atom is 0.272 e. The number of nitrogens with zero attached hydrogens (tertiary/aromatic N) is 4. The minimum atomic E-state index is -0.123. The van der Waals surface area contributed by atoms with Crippen molar-refractivity contribution in [3.63, 3.8) is 0 Å². The molecule has 4 heterocycles. The number of hydrogen-bond donors (Lipinski definition) is 1. The third-order valence-corrected chi connectivity index (χ3v) is 13.4. The van der Waals surface area contributed by atoms with Crippen LogP contribution in [0.5, 0.6) is 5.75 Å². The van der Waals surface area contributed by atoms with Gasteiger partial charge < -0.3 is 19.5 Å². The monoisotopic (exact) mass is 740 g/mol. The number of carbonyl (C=O) groups is 2. The number of fused-ring (bicyclic) bond motifs is 1. The first kappa shape index (κ1) is 40.3. The summed E-state index contributed by atoms with van der Waals surface area (Å²) in [5, 5.41) is 4.40. The Hall–Kier alpha value is -3.36. The molecular weight excluding hydrogens is 671 g/mol. The molecule has 0 bridgehead atoms. The van der Waals surface area contributed by atoms with Crippen molar-refractivity contribution in [2.75, 3.05) is 52.2 Å². The number of amides is 2. The molecule has 2 unspecified atom stereocenters. The number of likely N-dealkylation sites (tertiary alicyclic amines) is 3. The first-order valence-corrected chi connectivity index (χ1v) is 21.2. The Balaban J connectivity index is 1.16. The molecule has 0 spiro atoms. The van der Waals surface area contributed by atoms with Gasteiger partial charge in [-0.1, -0.05) is 71.7 Å². The number of methoxy groups -OCH3 is 1. The predicted molar refractivity (Wildman–Crippen MR) is 223 cm³/mol. The number of piperidine rings is 1. The van der Waals surface area contributed by atoms with Crippen LogP contribution in [0.15, 0.2) is 36.4 Å². The number of hydrogen-bond acceptors (Lipinski definition) is 5. The lowest BCUT2D eigenvalue weighted by Crippen LogP contribution is -2.44. The topological polar surface area (TPSA) is 70.1 Å². The van der Waals surface area contributed by atoms with Gasteiger partial charge in [0.2, 0.25) is 5.91 Å². The molecule has 2 aromatic carbocycles. The summed E-state index contributed by atoms with van der Waals surface area (Å²) < 4.78 is 8.18. The van der Waals surface area contributed by atoms with Crippen molar-refractivity contribution < 1.29 is 14.3 Å². The van der Waals surface area contributed by atoms with E-state index in [1.165, 1.54) is 36.8 Å². The van der Waals surface area contributed by atoms with Gasteiger partial charge in [-0.3, -0.25) is 19.4 Å². The molecule has 3 aliphatic heterocycles. The highest BCUT2D eigenvalue weighted by atomic mass is 16.5. The lowest BCUT2D eigenvalue weighted by Gasteiger charge is -2.36. The maximum atomic E-state index is 14.2. The molecule has 1 N–H and O–H groups in total. The number of para-hydroxylation sites is 1. The molecule has 0 radical (unpaired) electrons. The molecule has 3 saturated heterocycles. The van der Waals surface area contributed by atoms with E-state index in [0.29, 0.717) is 17.5 Å². The highest BCUT2D eigenvalue weighted by Gasteiger charge is 2.33. The second-order valence-corrected chi connectivity index (χ2v) is 17.9. The Labute approximate surface area is 326 Å². The highest BCUT2D eigenvalue weighted by molar-refractivity contribution is 6.07. The minimum Gasteiger partial charge on any atom is -0.494 e. The van der Waals surface area contributed by atoms with Crippen molar-refractivity contribution in [2.45, 2.75) is 123 Å². The molecule has 54 heavy (non-hydrogen) atoms. The third-order valence-electron chi connectivity index (χ3n) is 13.4. The zero-order valence-corrected chi connectivity index (χ0v) is 34.8. The second kappa shape index (κ2) is 17.6. The molecular formula is C46H69N5O3. The number of aromatic nitrogens is 1. The normalized spacial score (nSPS) is 20.9. The van der Waals surface area contributed by atoms with E-state index < -0.39 is 0 Å². The zero-order valence-electron chi connectivity index (χ0n) is 34.8. The zero-order chi connectivity index (χ0) is 38.6. The van der Waals surface area contributed by atoms with Crippen LogP contribution in [-0.4, -0.2) is 84.0 Å². The number of carbonyl (C=O) groups excluding carboxylic acids is 2. The number of anilines is 1. The molecule has 3 fully saturated rings. The Morgan fingerprint density at radius 2 is 1.63 bits per heavy atom. The molecule has 2 atom stereocenters. The number of likely N-dealkylation sites (N-methyl/N-ethyl adjacent to an activating group) is 1. The van der Waals surface area contributed by atoms with Gasteiger partial charge >= 0.3 is 0 Å². The van der Waals surface area contributed by atoms with Crippen LogP contribution in [0.25, 0.3) is 10.9 Å². The van der Waals surface area contributed by atoms with Crippen LogP contribution in [0.3, 0.4) is 0 Å². The number of ether oxygens (including phenoxy) is 1. The predicted octanol–water partition coefficient (Wildman–Crippen LogP) is 9.04. The van der Waals surface area contributed by atoms with E-state index in [1.807, 2.05) is 13.1 Å². The second-order valence-electron chi connectivity index (χ2n) is 17.9. The number of rotatable bonds is 12. The Kier molecular flexibility index (Phi) is 13.2. The summed E-state index contributed by atoms with van der Waals surface area (Å²) in [6.45, 7) is 17.2. The SMILES string of the molecule is CCC(CC)C1CCN(Cc2cc(C(C)(C)C)cc(NC(=O)c3cc4cccc(CCC5CCCN(C(=O)C6CCCN6C)CC5)c4n3C)c2OC)CC1. The van der Waals surface area contributed by atoms with Crippen LogP contribution < -0.4 is 10.1 Å². The van der Waals surface area contributed by atoms with Gasteiger partial charge in [0.05, 0.1) is 24.4 Å². The smallest absolute Gasteiger partial charge is 0.272 e. The molecule has 3 aliphatic rings. The van der Waals surface area contributed by atoms with Crippen LogP contribution in [0.2, 0.25) is 0 Å². The highest BCUT2D eigenvalue weighted by Crippen LogP contribution is 2.38. The Bertz CT molecular complexity index is 1740. The van der Waals surface area contributed by atoms with Crippen LogP contribution >= 0.6 is 0 Å². The van der Waals surface area contributed by atoms with Gasteiger partial charge in [-0.05, 0) is 131 Å². The van der Waals surface area contributed by atoms with E-state index in [2.05, 4.69) is 96.6 Å². The average molecular weight is 740 g/mol. The summed E-state index contributed by atoms with van der Waals surface area (Å²) in [5.74, 6) is 3.21. The maximum absolute atomic E-state index is 14.2. The van der Waals surface area contributed by atoms with Crippen molar-refractivity contribution in [3.8, 4) is 5.75 Å². The van der Waals surface area contributed by atoms with E-state index in [0.717, 1.165) is 124 Å². The summed E-state index contributed by atoms with van der Waals surface area (Å²) in [6, 6.07) is 13.0. The fraction of sp³-hybridized carbons (Fsp3) is 0.652. The summed E-state index contributed by atoms with van der Waals surface area (Å²) in [7, 11) is 5.84. The molecule has 296 valence electrons. The number of nitrogens with one attached hydrogen (secondary N) is 1. The van der Waals surface area contributed by atoms with Crippen LogP contribution in [-0.2, 0) is 30.2 Å². The van der Waals surface area contributed by atoms with Gasteiger partial charge in [0.15, 0.2) is 0 Å². The summed E-state index contributed by atoms with van der Waals surface area (Å²) in [4.78, 5) is 34.4. The summed E-state index contributed by atoms with van der Waals surface area (Å²) in [6.07, 6.45) is 12.5. The fourth-order valence-electron chi connectivity index (χ4n) is 9.93. The van der Waals surface area contributed by atoms with Gasteiger partial charge in [0, 0.05) is 37.6 Å². The minimum absolute atomic E-state index is 0.0699. The molecule has 1 aromatic heterocycles. The van der Waals surface area contributed by atoms with Crippen molar-refractivity contribution in [3.05, 3.63) is 58.8 Å². The lowest BCUT2D eigenvalue weighted by molar-refractivity contribution is -0.135. The molecule has 2 amide bonds. The average Bonchev–Trinajstić information content (AvgIpc) is 3.65. The summed E-state index contributed by atoms with van der Waals surface area (Å²) in [5.41, 5.74) is 6.03. The largest absolute Gasteiger partial charge is 0.494 e. The molecule has 0 saturated carbocycles. The van der Waals surface area contributed by atoms with E-state index in [-0.39, 0.29) is 17.4 Å². The van der Waals surface area contributed by atoms with Gasteiger partial charge in [-0.25, -0.2) is 0 Å². The molecule has 8 heteroatoms. The van der Waals surface area contributed by atoms with Crippen LogP contribution in [0.4, 0.5) is 5.69 Å². The third kappa shape index (κ3) is 9.02. The van der Waals surface area contributed by atoms with E-state index in [1.54, 1.807) is 7.11 Å². The van der Waals surface area contributed by atoms with Crippen LogP contribution in [0, 0.1) is 17.8 Å². The van der Waals surface area contributed by atoms with Gasteiger partial charge in [0.1, 0.15) is 11.4 Å². The fourth-order valence-corrected chi connectivity index (χ4v) is 9.93. The van der Waals surface area contributed by atoms with E-state index in [9.17, 15) is 9.59 Å². The quantitative estimate of drug-likeness (QED) is 0.201. The van der Waals surface area contributed by atoms with Crippen molar-refractivity contribution in [1.82, 2.24) is 19.3 Å². The lowest BCUT2D eigenvalue weighted by atomic mass is 9.81. The van der Waals surface area contributed by atoms with Crippen LogP contribution in [0.1, 0.15) is 126 Å².